The molecular weight excluding hydrogens is 380 g/mol. The Bertz CT molecular complexity index is 1550. The van der Waals surface area contributed by atoms with Crippen LogP contribution >= 0.6 is 0 Å². The molecule has 6 rings (SSSR count). The number of hydrogen-bond donors (Lipinski definition) is 2. The maximum absolute atomic E-state index is 12.3. The summed E-state index contributed by atoms with van der Waals surface area (Å²) in [6.45, 7) is 0. The zero-order chi connectivity index (χ0) is 20.2. The molecule has 1 aliphatic carbocycles. The molecule has 0 unspecified atom stereocenters. The van der Waals surface area contributed by atoms with Gasteiger partial charge in [-0.15, -0.1) is 0 Å². The molecule has 0 radical (unpaired) electrons. The minimum atomic E-state index is -0.541. The van der Waals surface area contributed by atoms with E-state index in [-0.39, 0.29) is 5.92 Å². The molecule has 5 aromatic rings. The number of pyridine rings is 1. The topological polar surface area (TPSA) is 109 Å². The molecule has 0 saturated heterocycles. The van der Waals surface area contributed by atoms with E-state index in [2.05, 4.69) is 49.3 Å². The fourth-order valence-corrected chi connectivity index (χ4v) is 4.18. The van der Waals surface area contributed by atoms with E-state index in [9.17, 15) is 9.59 Å². The van der Waals surface area contributed by atoms with Crippen LogP contribution in [0.4, 0.5) is 0 Å². The van der Waals surface area contributed by atoms with Gasteiger partial charge in [0.15, 0.2) is 5.65 Å². The van der Waals surface area contributed by atoms with Gasteiger partial charge < -0.3 is 4.98 Å². The van der Waals surface area contributed by atoms with Crippen molar-refractivity contribution < 1.29 is 0 Å². The van der Waals surface area contributed by atoms with E-state index in [0.717, 1.165) is 28.5 Å². The van der Waals surface area contributed by atoms with Gasteiger partial charge in [-0.25, -0.2) is 14.3 Å². The molecule has 2 N–H and O–H groups in total. The van der Waals surface area contributed by atoms with Crippen molar-refractivity contribution in [2.75, 3.05) is 0 Å². The molecule has 0 aliphatic heterocycles. The summed E-state index contributed by atoms with van der Waals surface area (Å²) in [7, 11) is 0. The van der Waals surface area contributed by atoms with Crippen molar-refractivity contribution in [3.05, 3.63) is 93.2 Å². The summed E-state index contributed by atoms with van der Waals surface area (Å²) in [6.07, 6.45) is 7.66. The van der Waals surface area contributed by atoms with Crippen molar-refractivity contribution in [3.63, 3.8) is 0 Å². The number of benzene rings is 1. The lowest BCUT2D eigenvalue weighted by molar-refractivity contribution is 0.906. The van der Waals surface area contributed by atoms with Gasteiger partial charge in [0.2, 0.25) is 0 Å². The zero-order valence-corrected chi connectivity index (χ0v) is 15.7. The van der Waals surface area contributed by atoms with E-state index in [1.807, 2.05) is 12.1 Å². The average molecular weight is 396 g/mol. The summed E-state index contributed by atoms with van der Waals surface area (Å²) in [6, 6.07) is 12.3. The number of imidazole rings is 1. The predicted octanol–water partition coefficient (Wildman–Crippen LogP) is 2.59. The van der Waals surface area contributed by atoms with Crippen molar-refractivity contribution >= 4 is 16.6 Å². The molecular formula is C22H16N6O2. The zero-order valence-electron chi connectivity index (χ0n) is 15.7. The van der Waals surface area contributed by atoms with E-state index < -0.39 is 11.2 Å². The first kappa shape index (κ1) is 16.8. The third-order valence-electron chi connectivity index (χ3n) is 5.73. The molecule has 1 aromatic carbocycles. The molecule has 1 fully saturated rings. The Balaban J connectivity index is 1.44. The largest absolute Gasteiger partial charge is 0.325 e. The number of nitrogens with one attached hydrogen (secondary N) is 2. The Morgan fingerprint density at radius 3 is 2.87 bits per heavy atom. The molecule has 0 bridgehead atoms. The second-order valence-corrected chi connectivity index (χ2v) is 7.57. The summed E-state index contributed by atoms with van der Waals surface area (Å²) in [5, 5.41) is 5.64. The summed E-state index contributed by atoms with van der Waals surface area (Å²) in [4.78, 5) is 37.3. The van der Waals surface area contributed by atoms with Gasteiger partial charge in [-0.05, 0) is 48.1 Å². The molecule has 0 amide bonds. The van der Waals surface area contributed by atoms with Crippen LogP contribution in [0, 0.1) is 0 Å². The van der Waals surface area contributed by atoms with Crippen LogP contribution in [-0.2, 0) is 0 Å². The SMILES string of the molecule is O=c1[nH]cc(-c2cc([C@H]3C[C@@H]3c3ccc4ncccc4c3)c3nccn3n2)c(=O)[nH]1. The van der Waals surface area contributed by atoms with E-state index in [1.54, 1.807) is 23.1 Å². The fourth-order valence-electron chi connectivity index (χ4n) is 4.18. The van der Waals surface area contributed by atoms with E-state index in [1.165, 1.54) is 11.8 Å². The van der Waals surface area contributed by atoms with Crippen LogP contribution in [0.3, 0.4) is 0 Å². The summed E-state index contributed by atoms with van der Waals surface area (Å²) < 4.78 is 1.69. The van der Waals surface area contributed by atoms with Crippen LogP contribution in [0.2, 0.25) is 0 Å². The number of rotatable bonds is 3. The first-order chi connectivity index (χ1) is 14.7. The van der Waals surface area contributed by atoms with E-state index in [0.29, 0.717) is 17.2 Å². The van der Waals surface area contributed by atoms with Crippen molar-refractivity contribution in [2.24, 2.45) is 0 Å². The lowest BCUT2D eigenvalue weighted by Crippen LogP contribution is -2.23. The van der Waals surface area contributed by atoms with Gasteiger partial charge in [-0.1, -0.05) is 12.1 Å². The monoisotopic (exact) mass is 396 g/mol. The highest BCUT2D eigenvalue weighted by atomic mass is 16.2. The highest BCUT2D eigenvalue weighted by molar-refractivity contribution is 5.79. The highest BCUT2D eigenvalue weighted by Crippen LogP contribution is 2.55. The van der Waals surface area contributed by atoms with Crippen LogP contribution < -0.4 is 11.2 Å². The molecule has 4 aromatic heterocycles. The molecule has 2 atom stereocenters. The molecule has 1 aliphatic rings. The molecule has 30 heavy (non-hydrogen) atoms. The first-order valence-electron chi connectivity index (χ1n) is 9.69. The quantitative estimate of drug-likeness (QED) is 0.487. The van der Waals surface area contributed by atoms with Gasteiger partial charge in [-0.2, -0.15) is 5.10 Å². The van der Waals surface area contributed by atoms with Crippen LogP contribution in [0.5, 0.6) is 0 Å². The van der Waals surface area contributed by atoms with Gasteiger partial charge >= 0.3 is 5.69 Å². The third-order valence-corrected chi connectivity index (χ3v) is 5.73. The molecule has 1 saturated carbocycles. The Hall–Kier alpha value is -4.07. The third kappa shape index (κ3) is 2.65. The molecule has 8 nitrogen and oxygen atoms in total. The lowest BCUT2D eigenvalue weighted by Gasteiger charge is -2.08. The second-order valence-electron chi connectivity index (χ2n) is 7.57. The smallest absolute Gasteiger partial charge is 0.313 e. The van der Waals surface area contributed by atoms with Crippen molar-refractivity contribution in [2.45, 2.75) is 18.3 Å². The van der Waals surface area contributed by atoms with Crippen molar-refractivity contribution in [3.8, 4) is 11.3 Å². The fraction of sp³-hybridized carbons (Fsp3) is 0.136. The molecule has 8 heteroatoms. The number of aromatic amines is 2. The summed E-state index contributed by atoms with van der Waals surface area (Å²) in [5.74, 6) is 0.659. The average Bonchev–Trinajstić information content (AvgIpc) is 3.41. The Morgan fingerprint density at radius 2 is 1.97 bits per heavy atom. The van der Waals surface area contributed by atoms with Crippen molar-refractivity contribution in [1.29, 1.82) is 0 Å². The van der Waals surface area contributed by atoms with Crippen LogP contribution in [0.15, 0.2) is 70.8 Å². The minimum Gasteiger partial charge on any atom is -0.313 e. The summed E-state index contributed by atoms with van der Waals surface area (Å²) >= 11 is 0. The summed E-state index contributed by atoms with van der Waals surface area (Å²) in [5.41, 5.74) is 3.90. The van der Waals surface area contributed by atoms with Crippen molar-refractivity contribution in [1.82, 2.24) is 29.5 Å². The van der Waals surface area contributed by atoms with Crippen LogP contribution in [-0.4, -0.2) is 29.5 Å². The van der Waals surface area contributed by atoms with Gasteiger partial charge in [0.1, 0.15) is 0 Å². The maximum atomic E-state index is 12.3. The number of H-pyrrole nitrogens is 2. The Labute approximate surface area is 169 Å². The van der Waals surface area contributed by atoms with Gasteiger partial charge in [-0.3, -0.25) is 14.8 Å². The number of aromatic nitrogens is 6. The van der Waals surface area contributed by atoms with Crippen LogP contribution in [0.25, 0.3) is 27.8 Å². The molecule has 4 heterocycles. The van der Waals surface area contributed by atoms with E-state index >= 15 is 0 Å². The minimum absolute atomic E-state index is 0.285. The normalized spacial score (nSPS) is 18.1. The Kier molecular flexibility index (Phi) is 3.49. The predicted molar refractivity (Wildman–Crippen MR) is 112 cm³/mol. The second kappa shape index (κ2) is 6.21. The molecule has 146 valence electrons. The Morgan fingerprint density at radius 1 is 1.03 bits per heavy atom. The maximum Gasteiger partial charge on any atom is 0.325 e. The highest BCUT2D eigenvalue weighted by Gasteiger charge is 2.41. The number of nitrogens with zero attached hydrogens (tertiary/aromatic N) is 4. The number of fused-ring (bicyclic) bond motifs is 2. The lowest BCUT2D eigenvalue weighted by atomic mass is 10.0. The van der Waals surface area contributed by atoms with E-state index in [4.69, 9.17) is 0 Å². The van der Waals surface area contributed by atoms with Gasteiger partial charge in [0.05, 0.1) is 16.8 Å². The first-order valence-corrected chi connectivity index (χ1v) is 9.69. The number of hydrogen-bond acceptors (Lipinski definition) is 5. The van der Waals surface area contributed by atoms with Crippen LogP contribution in [0.1, 0.15) is 29.4 Å². The van der Waals surface area contributed by atoms with Gasteiger partial charge in [0, 0.05) is 35.7 Å². The molecule has 0 spiro atoms. The van der Waals surface area contributed by atoms with Gasteiger partial charge in [0.25, 0.3) is 5.56 Å². The standard InChI is InChI=1S/C22H16N6O2/c29-21-17(11-25-22(30)26-21)19-10-16(20-24-6-7-28(20)27-19)15-9-14(15)12-3-4-18-13(8-12)2-1-5-23-18/h1-8,10-11,14-15H,9H2,(H2,25,26,29,30)/t14-,15+/m1/s1.